The van der Waals surface area contributed by atoms with Gasteiger partial charge in [-0.2, -0.15) is 0 Å². The number of rotatable bonds is 6. The molecule has 100 valence electrons. The summed E-state index contributed by atoms with van der Waals surface area (Å²) in [6.07, 6.45) is 0.864. The molecular formula is C13H18BrNO3. The number of hydrogen-bond donors (Lipinski definition) is 1. The van der Waals surface area contributed by atoms with E-state index in [-0.39, 0.29) is 11.9 Å². The van der Waals surface area contributed by atoms with Crippen molar-refractivity contribution >= 4 is 21.8 Å². The van der Waals surface area contributed by atoms with Crippen LogP contribution in [0.4, 0.5) is 0 Å². The summed E-state index contributed by atoms with van der Waals surface area (Å²) in [5.41, 5.74) is 0.434. The lowest BCUT2D eigenvalue weighted by Gasteiger charge is -2.16. The van der Waals surface area contributed by atoms with Crippen molar-refractivity contribution in [2.24, 2.45) is 0 Å². The summed E-state index contributed by atoms with van der Waals surface area (Å²) in [6.45, 7) is 1.96. The van der Waals surface area contributed by atoms with Gasteiger partial charge in [-0.15, -0.1) is 0 Å². The van der Waals surface area contributed by atoms with Crippen molar-refractivity contribution in [3.05, 3.63) is 23.8 Å². The zero-order chi connectivity index (χ0) is 13.5. The van der Waals surface area contributed by atoms with E-state index < -0.39 is 0 Å². The Morgan fingerprint density at radius 3 is 2.33 bits per heavy atom. The van der Waals surface area contributed by atoms with Gasteiger partial charge in [0.1, 0.15) is 17.1 Å². The predicted octanol–water partition coefficient (Wildman–Crippen LogP) is 2.61. The van der Waals surface area contributed by atoms with Crippen LogP contribution in [-0.2, 0) is 0 Å². The maximum absolute atomic E-state index is 12.2. The molecule has 1 atom stereocenters. The molecule has 18 heavy (non-hydrogen) atoms. The summed E-state index contributed by atoms with van der Waals surface area (Å²) in [4.78, 5) is 12.2. The Kier molecular flexibility index (Phi) is 5.98. The van der Waals surface area contributed by atoms with Crippen LogP contribution in [0.2, 0.25) is 0 Å². The van der Waals surface area contributed by atoms with Crippen LogP contribution < -0.4 is 14.8 Å². The van der Waals surface area contributed by atoms with Crippen LogP contribution in [0, 0.1) is 0 Å². The lowest BCUT2D eigenvalue weighted by Crippen LogP contribution is -2.33. The third-order valence-corrected chi connectivity index (χ3v) is 3.03. The Morgan fingerprint density at radius 1 is 1.33 bits per heavy atom. The number of nitrogens with one attached hydrogen (secondary N) is 1. The van der Waals surface area contributed by atoms with Crippen LogP contribution in [0.25, 0.3) is 0 Å². The van der Waals surface area contributed by atoms with E-state index in [1.54, 1.807) is 18.2 Å². The number of hydrogen-bond acceptors (Lipinski definition) is 3. The molecule has 0 bridgehead atoms. The third kappa shape index (κ3) is 3.63. The van der Waals surface area contributed by atoms with Crippen molar-refractivity contribution in [3.63, 3.8) is 0 Å². The molecule has 0 saturated heterocycles. The van der Waals surface area contributed by atoms with E-state index >= 15 is 0 Å². The highest BCUT2D eigenvalue weighted by molar-refractivity contribution is 9.09. The van der Waals surface area contributed by atoms with Gasteiger partial charge in [0.25, 0.3) is 5.91 Å². The molecule has 0 aliphatic carbocycles. The van der Waals surface area contributed by atoms with Gasteiger partial charge in [-0.1, -0.05) is 22.0 Å². The molecule has 1 rings (SSSR count). The van der Waals surface area contributed by atoms with Crippen LogP contribution >= 0.6 is 15.9 Å². The molecule has 1 aromatic carbocycles. The first-order valence-corrected chi connectivity index (χ1v) is 6.84. The molecule has 0 fully saturated rings. The molecule has 0 heterocycles. The maximum Gasteiger partial charge on any atom is 0.259 e. The maximum atomic E-state index is 12.2. The minimum atomic E-state index is -0.183. The Balaban J connectivity index is 2.96. The number of amides is 1. The molecule has 4 nitrogen and oxygen atoms in total. The second-order valence-electron chi connectivity index (χ2n) is 3.89. The lowest BCUT2D eigenvalue weighted by molar-refractivity contribution is 0.0933. The second-order valence-corrected chi connectivity index (χ2v) is 4.68. The number of alkyl halides is 1. The average molecular weight is 316 g/mol. The summed E-state index contributed by atoms with van der Waals surface area (Å²) in [6, 6.07) is 5.36. The van der Waals surface area contributed by atoms with E-state index in [1.165, 1.54) is 14.2 Å². The largest absolute Gasteiger partial charge is 0.496 e. The summed E-state index contributed by atoms with van der Waals surface area (Å²) < 4.78 is 10.4. The van der Waals surface area contributed by atoms with Gasteiger partial charge in [0.05, 0.1) is 14.2 Å². The Labute approximate surface area is 116 Å². The van der Waals surface area contributed by atoms with Crippen LogP contribution in [0.5, 0.6) is 11.5 Å². The molecule has 0 saturated carbocycles. The molecule has 0 spiro atoms. The van der Waals surface area contributed by atoms with E-state index in [2.05, 4.69) is 21.2 Å². The Bertz CT molecular complexity index is 387. The fourth-order valence-corrected chi connectivity index (χ4v) is 2.29. The van der Waals surface area contributed by atoms with Crippen molar-refractivity contribution in [3.8, 4) is 11.5 Å². The van der Waals surface area contributed by atoms with Gasteiger partial charge in [-0.25, -0.2) is 0 Å². The topological polar surface area (TPSA) is 47.6 Å². The molecule has 0 radical (unpaired) electrons. The summed E-state index contributed by atoms with van der Waals surface area (Å²) in [7, 11) is 3.07. The van der Waals surface area contributed by atoms with Crippen molar-refractivity contribution in [1.29, 1.82) is 0 Å². The highest BCUT2D eigenvalue weighted by Gasteiger charge is 2.19. The first kappa shape index (κ1) is 14.8. The summed E-state index contributed by atoms with van der Waals surface area (Å²) >= 11 is 3.35. The highest BCUT2D eigenvalue weighted by atomic mass is 79.9. The molecule has 1 N–H and O–H groups in total. The number of methoxy groups -OCH3 is 2. The molecule has 5 heteroatoms. The first-order chi connectivity index (χ1) is 8.63. The number of benzene rings is 1. The minimum absolute atomic E-state index is 0.0893. The van der Waals surface area contributed by atoms with Gasteiger partial charge in [0.15, 0.2) is 0 Å². The van der Waals surface area contributed by atoms with Crippen LogP contribution in [-0.4, -0.2) is 31.5 Å². The Hall–Kier alpha value is -1.23. The van der Waals surface area contributed by atoms with E-state index in [0.717, 1.165) is 11.8 Å². The summed E-state index contributed by atoms with van der Waals surface area (Å²) in [5, 5.41) is 3.76. The van der Waals surface area contributed by atoms with E-state index in [1.807, 2.05) is 6.92 Å². The monoisotopic (exact) mass is 315 g/mol. The number of halogens is 1. The van der Waals surface area contributed by atoms with Gasteiger partial charge >= 0.3 is 0 Å². The second kappa shape index (κ2) is 7.26. The fourth-order valence-electron chi connectivity index (χ4n) is 1.61. The van der Waals surface area contributed by atoms with Gasteiger partial charge in [-0.3, -0.25) is 4.79 Å². The number of carbonyl (C=O) groups is 1. The Morgan fingerprint density at radius 2 is 1.89 bits per heavy atom. The zero-order valence-electron chi connectivity index (χ0n) is 10.8. The highest BCUT2D eigenvalue weighted by Crippen LogP contribution is 2.28. The zero-order valence-corrected chi connectivity index (χ0v) is 12.4. The molecule has 1 unspecified atom stereocenters. The quantitative estimate of drug-likeness (QED) is 0.821. The number of carbonyl (C=O) groups excluding carboxylic acids is 1. The third-order valence-electron chi connectivity index (χ3n) is 2.57. The SMILES string of the molecule is COc1cccc(OC)c1C(=O)NC(C)CCBr. The number of ether oxygens (including phenoxy) is 2. The van der Waals surface area contributed by atoms with Gasteiger partial charge < -0.3 is 14.8 Å². The molecule has 0 aliphatic rings. The van der Waals surface area contributed by atoms with Crippen molar-refractivity contribution in [2.45, 2.75) is 19.4 Å². The smallest absolute Gasteiger partial charge is 0.259 e. The molecule has 0 aromatic heterocycles. The minimum Gasteiger partial charge on any atom is -0.496 e. The standard InChI is InChI=1S/C13H18BrNO3/c1-9(7-8-14)15-13(16)12-10(17-2)5-4-6-11(12)18-3/h4-6,9H,7-8H2,1-3H3,(H,15,16). The first-order valence-electron chi connectivity index (χ1n) is 5.71. The summed E-state index contributed by atoms with van der Waals surface area (Å²) in [5.74, 6) is 0.841. The van der Waals surface area contributed by atoms with E-state index in [0.29, 0.717) is 17.1 Å². The van der Waals surface area contributed by atoms with Crippen molar-refractivity contribution in [2.75, 3.05) is 19.5 Å². The normalized spacial score (nSPS) is 11.8. The van der Waals surface area contributed by atoms with Gasteiger partial charge in [-0.05, 0) is 25.5 Å². The molecule has 1 aromatic rings. The van der Waals surface area contributed by atoms with Crippen molar-refractivity contribution < 1.29 is 14.3 Å². The van der Waals surface area contributed by atoms with Crippen LogP contribution in [0.15, 0.2) is 18.2 Å². The van der Waals surface area contributed by atoms with Gasteiger partial charge in [0, 0.05) is 11.4 Å². The molecule has 1 amide bonds. The van der Waals surface area contributed by atoms with E-state index in [4.69, 9.17) is 9.47 Å². The van der Waals surface area contributed by atoms with Crippen LogP contribution in [0.3, 0.4) is 0 Å². The lowest BCUT2D eigenvalue weighted by atomic mass is 10.1. The molecule has 0 aliphatic heterocycles. The molecular weight excluding hydrogens is 298 g/mol. The predicted molar refractivity (Wildman–Crippen MR) is 74.9 cm³/mol. The van der Waals surface area contributed by atoms with Crippen molar-refractivity contribution in [1.82, 2.24) is 5.32 Å². The fraction of sp³-hybridized carbons (Fsp3) is 0.462. The van der Waals surface area contributed by atoms with Gasteiger partial charge in [0.2, 0.25) is 0 Å². The average Bonchev–Trinajstić information content (AvgIpc) is 2.37. The van der Waals surface area contributed by atoms with Crippen LogP contribution in [0.1, 0.15) is 23.7 Å². The van der Waals surface area contributed by atoms with E-state index in [9.17, 15) is 4.79 Å².